The van der Waals surface area contributed by atoms with Gasteiger partial charge in [-0.2, -0.15) is 0 Å². The van der Waals surface area contributed by atoms with Gasteiger partial charge in [-0.05, 0) is 12.5 Å². The van der Waals surface area contributed by atoms with E-state index in [2.05, 4.69) is 17.0 Å². The number of methoxy groups -OCH3 is 1. The van der Waals surface area contributed by atoms with Gasteiger partial charge in [-0.15, -0.1) is 5.73 Å². The van der Waals surface area contributed by atoms with Crippen LogP contribution in [0.4, 0.5) is 0 Å². The van der Waals surface area contributed by atoms with Crippen LogP contribution in [-0.4, -0.2) is 18.9 Å². The van der Waals surface area contributed by atoms with Crippen molar-refractivity contribution in [3.63, 3.8) is 0 Å². The molecule has 13 heavy (non-hydrogen) atoms. The zero-order chi connectivity index (χ0) is 10.3. The second-order valence-corrected chi connectivity index (χ2v) is 2.54. The summed E-state index contributed by atoms with van der Waals surface area (Å²) in [7, 11) is 1.27. The maximum atomic E-state index is 11.2. The van der Waals surface area contributed by atoms with E-state index in [4.69, 9.17) is 0 Å². The van der Waals surface area contributed by atoms with E-state index in [1.807, 2.05) is 0 Å². The van der Waals surface area contributed by atoms with Crippen molar-refractivity contribution in [2.45, 2.75) is 19.8 Å². The molecule has 3 nitrogen and oxygen atoms in total. The molecule has 0 heterocycles. The van der Waals surface area contributed by atoms with Gasteiger partial charge in [0.15, 0.2) is 0 Å². The van der Waals surface area contributed by atoms with Crippen molar-refractivity contribution in [2.75, 3.05) is 7.11 Å². The highest BCUT2D eigenvalue weighted by Crippen LogP contribution is 2.09. The molecule has 0 aliphatic rings. The lowest BCUT2D eigenvalue weighted by molar-refractivity contribution is -0.149. The predicted octanol–water partition coefficient (Wildman–Crippen LogP) is 1.49. The summed E-state index contributed by atoms with van der Waals surface area (Å²) in [5.41, 5.74) is 2.52. The highest BCUT2D eigenvalue weighted by Gasteiger charge is 2.24. The van der Waals surface area contributed by atoms with E-state index in [1.54, 1.807) is 13.0 Å². The van der Waals surface area contributed by atoms with Gasteiger partial charge in [-0.25, -0.2) is 0 Å². The molecule has 0 saturated carbocycles. The van der Waals surface area contributed by atoms with Crippen LogP contribution in [0.5, 0.6) is 0 Å². The van der Waals surface area contributed by atoms with Gasteiger partial charge >= 0.3 is 5.97 Å². The standard InChI is InChI=1S/C10H14O3/c1-4-6-7-8(9(11)5-2)10(12)13-3/h6,8H,1,5,7H2,2-3H3. The number of rotatable bonds is 5. The number of hydrogen-bond acceptors (Lipinski definition) is 3. The van der Waals surface area contributed by atoms with Crippen LogP contribution in [0.3, 0.4) is 0 Å². The molecule has 0 aliphatic heterocycles. The highest BCUT2D eigenvalue weighted by molar-refractivity contribution is 5.98. The SMILES string of the molecule is C=C=CCC(C(=O)CC)C(=O)OC. The van der Waals surface area contributed by atoms with Gasteiger partial charge in [-0.1, -0.05) is 13.5 Å². The fourth-order valence-corrected chi connectivity index (χ4v) is 0.949. The maximum Gasteiger partial charge on any atom is 0.316 e. The smallest absolute Gasteiger partial charge is 0.316 e. The molecule has 0 radical (unpaired) electrons. The molecule has 1 atom stereocenters. The van der Waals surface area contributed by atoms with E-state index in [0.29, 0.717) is 12.8 Å². The number of hydrogen-bond donors (Lipinski definition) is 0. The monoisotopic (exact) mass is 182 g/mol. The van der Waals surface area contributed by atoms with Crippen molar-refractivity contribution in [3.05, 3.63) is 18.4 Å². The lowest BCUT2D eigenvalue weighted by Gasteiger charge is -2.09. The quantitative estimate of drug-likeness (QED) is 0.367. The van der Waals surface area contributed by atoms with Crippen molar-refractivity contribution in [2.24, 2.45) is 5.92 Å². The molecule has 72 valence electrons. The number of carbonyl (C=O) groups is 2. The van der Waals surface area contributed by atoms with Gasteiger partial charge in [0, 0.05) is 6.42 Å². The molecule has 0 aromatic carbocycles. The molecular formula is C10H14O3. The second-order valence-electron chi connectivity index (χ2n) is 2.54. The molecule has 0 N–H and O–H groups in total. The lowest BCUT2D eigenvalue weighted by Crippen LogP contribution is -2.24. The molecule has 0 bridgehead atoms. The Bertz CT molecular complexity index is 221. The van der Waals surface area contributed by atoms with Crippen LogP contribution in [0.25, 0.3) is 0 Å². The molecule has 1 unspecified atom stereocenters. The summed E-state index contributed by atoms with van der Waals surface area (Å²) >= 11 is 0. The average Bonchev–Trinajstić information content (AvgIpc) is 2.17. The fraction of sp³-hybridized carbons (Fsp3) is 0.500. The van der Waals surface area contributed by atoms with E-state index in [9.17, 15) is 9.59 Å². The highest BCUT2D eigenvalue weighted by atomic mass is 16.5. The van der Waals surface area contributed by atoms with Crippen LogP contribution in [0, 0.1) is 5.92 Å². The average molecular weight is 182 g/mol. The van der Waals surface area contributed by atoms with Crippen molar-refractivity contribution in [1.82, 2.24) is 0 Å². The minimum Gasteiger partial charge on any atom is -0.468 e. The number of allylic oxidation sites excluding steroid dienone is 1. The van der Waals surface area contributed by atoms with Crippen molar-refractivity contribution in [1.29, 1.82) is 0 Å². The van der Waals surface area contributed by atoms with Crippen LogP contribution in [-0.2, 0) is 14.3 Å². The first-order chi connectivity index (χ1) is 6.17. The summed E-state index contributed by atoms with van der Waals surface area (Å²) in [6.45, 7) is 5.08. The topological polar surface area (TPSA) is 43.4 Å². The normalized spacial score (nSPS) is 11.2. The number of ketones is 1. The van der Waals surface area contributed by atoms with E-state index in [0.717, 1.165) is 0 Å². The summed E-state index contributed by atoms with van der Waals surface area (Å²) in [6, 6.07) is 0. The van der Waals surface area contributed by atoms with Gasteiger partial charge in [0.2, 0.25) is 0 Å². The fourth-order valence-electron chi connectivity index (χ4n) is 0.949. The molecule has 0 spiro atoms. The number of ether oxygens (including phenoxy) is 1. The third kappa shape index (κ3) is 3.72. The van der Waals surface area contributed by atoms with Gasteiger partial charge in [0.1, 0.15) is 11.7 Å². The van der Waals surface area contributed by atoms with Crippen LogP contribution in [0.15, 0.2) is 18.4 Å². The maximum absolute atomic E-state index is 11.2. The lowest BCUT2D eigenvalue weighted by atomic mass is 9.98. The van der Waals surface area contributed by atoms with Gasteiger partial charge < -0.3 is 4.74 Å². The molecule has 0 fully saturated rings. The molecular weight excluding hydrogens is 168 g/mol. The summed E-state index contributed by atoms with van der Waals surface area (Å²) < 4.78 is 4.50. The van der Waals surface area contributed by atoms with Gasteiger partial charge in [-0.3, -0.25) is 9.59 Å². The van der Waals surface area contributed by atoms with Crippen molar-refractivity contribution in [3.8, 4) is 0 Å². The Balaban J connectivity index is 4.44. The largest absolute Gasteiger partial charge is 0.468 e. The van der Waals surface area contributed by atoms with E-state index in [-0.39, 0.29) is 5.78 Å². The Hall–Kier alpha value is -1.34. The van der Waals surface area contributed by atoms with Crippen LogP contribution < -0.4 is 0 Å². The first kappa shape index (κ1) is 11.7. The molecule has 0 aromatic rings. The van der Waals surface area contributed by atoms with E-state index >= 15 is 0 Å². The molecule has 3 heteroatoms. The van der Waals surface area contributed by atoms with Crippen LogP contribution >= 0.6 is 0 Å². The predicted molar refractivity (Wildman–Crippen MR) is 49.1 cm³/mol. The third-order valence-electron chi connectivity index (χ3n) is 1.72. The number of esters is 1. The Kier molecular flexibility index (Phi) is 5.57. The zero-order valence-electron chi connectivity index (χ0n) is 8.00. The Labute approximate surface area is 78.1 Å². The van der Waals surface area contributed by atoms with Gasteiger partial charge in [0.25, 0.3) is 0 Å². The minimum atomic E-state index is -0.691. The molecule has 0 aromatic heterocycles. The third-order valence-corrected chi connectivity index (χ3v) is 1.72. The zero-order valence-corrected chi connectivity index (χ0v) is 8.00. The summed E-state index contributed by atoms with van der Waals surface area (Å²) in [5.74, 6) is -1.29. The van der Waals surface area contributed by atoms with Crippen molar-refractivity contribution >= 4 is 11.8 Å². The summed E-state index contributed by atoms with van der Waals surface area (Å²) in [5, 5.41) is 0. The van der Waals surface area contributed by atoms with Crippen LogP contribution in [0.1, 0.15) is 19.8 Å². The second kappa shape index (κ2) is 6.21. The Morgan fingerprint density at radius 3 is 2.62 bits per heavy atom. The Morgan fingerprint density at radius 1 is 1.62 bits per heavy atom. The minimum absolute atomic E-state index is 0.113. The first-order valence-electron chi connectivity index (χ1n) is 4.12. The summed E-state index contributed by atoms with van der Waals surface area (Å²) in [4.78, 5) is 22.4. The molecule has 0 rings (SSSR count). The number of carbonyl (C=O) groups excluding carboxylic acids is 2. The Morgan fingerprint density at radius 2 is 2.23 bits per heavy atom. The van der Waals surface area contributed by atoms with E-state index < -0.39 is 11.9 Å². The summed E-state index contributed by atoms with van der Waals surface area (Å²) in [6.07, 6.45) is 2.22. The van der Waals surface area contributed by atoms with Gasteiger partial charge in [0.05, 0.1) is 7.11 Å². The van der Waals surface area contributed by atoms with Crippen LogP contribution in [0.2, 0.25) is 0 Å². The first-order valence-corrected chi connectivity index (χ1v) is 4.12. The molecule has 0 aliphatic carbocycles. The van der Waals surface area contributed by atoms with E-state index in [1.165, 1.54) is 7.11 Å². The molecule has 0 saturated heterocycles. The van der Waals surface area contributed by atoms with Crippen molar-refractivity contribution < 1.29 is 14.3 Å². The number of Topliss-reactive ketones (excluding diaryl/α,β-unsaturated/α-hetero) is 1. The molecule has 0 amide bonds.